The van der Waals surface area contributed by atoms with Crippen LogP contribution in [0, 0.1) is 5.92 Å². The molecule has 0 saturated heterocycles. The quantitative estimate of drug-likeness (QED) is 0.797. The van der Waals surface area contributed by atoms with Crippen LogP contribution in [0.1, 0.15) is 20.3 Å². The highest BCUT2D eigenvalue weighted by Crippen LogP contribution is 2.11. The monoisotopic (exact) mass is 241 g/mol. The third-order valence-corrected chi connectivity index (χ3v) is 2.20. The Morgan fingerprint density at radius 2 is 2.31 bits per heavy atom. The van der Waals surface area contributed by atoms with Crippen molar-refractivity contribution in [1.29, 1.82) is 0 Å². The van der Waals surface area contributed by atoms with Gasteiger partial charge in [-0.05, 0) is 24.5 Å². The van der Waals surface area contributed by atoms with Gasteiger partial charge in [0.25, 0.3) is 0 Å². The summed E-state index contributed by atoms with van der Waals surface area (Å²) in [5.74, 6) is 0.579. The van der Waals surface area contributed by atoms with Gasteiger partial charge in [-0.2, -0.15) is 0 Å². The molecule has 0 aliphatic carbocycles. The number of carbonyl (C=O) groups is 1. The van der Waals surface area contributed by atoms with Gasteiger partial charge in [0, 0.05) is 18.4 Å². The first-order valence-corrected chi connectivity index (χ1v) is 5.62. The first kappa shape index (κ1) is 12.8. The van der Waals surface area contributed by atoms with Gasteiger partial charge in [-0.15, -0.1) is 0 Å². The molecule has 16 heavy (non-hydrogen) atoms. The van der Waals surface area contributed by atoms with E-state index >= 15 is 0 Å². The van der Waals surface area contributed by atoms with Crippen LogP contribution in [-0.4, -0.2) is 17.6 Å². The number of anilines is 1. The highest BCUT2D eigenvalue weighted by atomic mass is 35.5. The summed E-state index contributed by atoms with van der Waals surface area (Å²) >= 11 is 5.69. The summed E-state index contributed by atoms with van der Waals surface area (Å²) in [4.78, 5) is 15.2. The van der Waals surface area contributed by atoms with Gasteiger partial charge in [-0.25, -0.2) is 9.78 Å². The van der Waals surface area contributed by atoms with E-state index in [2.05, 4.69) is 29.5 Å². The van der Waals surface area contributed by atoms with Crippen LogP contribution in [-0.2, 0) is 0 Å². The van der Waals surface area contributed by atoms with Crippen LogP contribution in [0.4, 0.5) is 10.5 Å². The van der Waals surface area contributed by atoms with E-state index in [9.17, 15) is 4.79 Å². The van der Waals surface area contributed by atoms with Crippen molar-refractivity contribution in [1.82, 2.24) is 10.3 Å². The second kappa shape index (κ2) is 6.33. The van der Waals surface area contributed by atoms with Crippen LogP contribution < -0.4 is 10.6 Å². The third-order valence-electron chi connectivity index (χ3n) is 1.99. The van der Waals surface area contributed by atoms with Crippen molar-refractivity contribution in [2.75, 3.05) is 11.9 Å². The number of halogens is 1. The molecule has 0 radical (unpaired) electrons. The molecule has 0 aromatic carbocycles. The minimum atomic E-state index is -0.220. The zero-order valence-electron chi connectivity index (χ0n) is 9.46. The number of amides is 2. The largest absolute Gasteiger partial charge is 0.338 e. The zero-order chi connectivity index (χ0) is 12.0. The maximum absolute atomic E-state index is 11.4. The molecular formula is C11H16ClN3O. The number of hydrogen-bond donors (Lipinski definition) is 2. The Morgan fingerprint density at radius 3 is 2.94 bits per heavy atom. The summed E-state index contributed by atoms with van der Waals surface area (Å²) in [5, 5.41) is 5.81. The van der Waals surface area contributed by atoms with Crippen molar-refractivity contribution < 1.29 is 4.79 Å². The molecule has 0 unspecified atom stereocenters. The molecule has 88 valence electrons. The predicted molar refractivity (Wildman–Crippen MR) is 65.7 cm³/mol. The average molecular weight is 242 g/mol. The van der Waals surface area contributed by atoms with E-state index in [1.807, 2.05) is 0 Å². The van der Waals surface area contributed by atoms with Crippen LogP contribution in [0.5, 0.6) is 0 Å². The van der Waals surface area contributed by atoms with E-state index < -0.39 is 0 Å². The van der Waals surface area contributed by atoms with Crippen LogP contribution in [0.15, 0.2) is 18.3 Å². The van der Waals surface area contributed by atoms with Crippen molar-refractivity contribution in [2.24, 2.45) is 5.92 Å². The maximum atomic E-state index is 11.4. The SMILES string of the molecule is CC(C)CCNC(=O)Nc1ccnc(Cl)c1. The lowest BCUT2D eigenvalue weighted by Gasteiger charge is -2.08. The highest BCUT2D eigenvalue weighted by molar-refractivity contribution is 6.29. The van der Waals surface area contributed by atoms with Gasteiger partial charge < -0.3 is 10.6 Å². The van der Waals surface area contributed by atoms with Gasteiger partial charge in [-0.3, -0.25) is 0 Å². The molecule has 1 aromatic rings. The van der Waals surface area contributed by atoms with Crippen molar-refractivity contribution in [2.45, 2.75) is 20.3 Å². The molecule has 2 N–H and O–H groups in total. The first-order valence-electron chi connectivity index (χ1n) is 5.24. The number of rotatable bonds is 4. The number of pyridine rings is 1. The smallest absolute Gasteiger partial charge is 0.319 e. The molecule has 0 fully saturated rings. The summed E-state index contributed by atoms with van der Waals surface area (Å²) in [6.45, 7) is 4.90. The summed E-state index contributed by atoms with van der Waals surface area (Å²) < 4.78 is 0. The zero-order valence-corrected chi connectivity index (χ0v) is 10.2. The van der Waals surface area contributed by atoms with Gasteiger partial charge in [0.15, 0.2) is 0 Å². The fourth-order valence-corrected chi connectivity index (χ4v) is 1.30. The Balaban J connectivity index is 2.34. The lowest BCUT2D eigenvalue weighted by molar-refractivity contribution is 0.251. The number of nitrogens with one attached hydrogen (secondary N) is 2. The van der Waals surface area contributed by atoms with Gasteiger partial charge in [-0.1, -0.05) is 25.4 Å². The van der Waals surface area contributed by atoms with E-state index in [1.165, 1.54) is 0 Å². The Morgan fingerprint density at radius 1 is 1.56 bits per heavy atom. The van der Waals surface area contributed by atoms with Crippen LogP contribution >= 0.6 is 11.6 Å². The summed E-state index contributed by atoms with van der Waals surface area (Å²) in [6.07, 6.45) is 2.51. The van der Waals surface area contributed by atoms with E-state index in [4.69, 9.17) is 11.6 Å². The van der Waals surface area contributed by atoms with E-state index in [0.29, 0.717) is 23.3 Å². The third kappa shape index (κ3) is 4.98. The minimum Gasteiger partial charge on any atom is -0.338 e. The Labute approximate surface area is 100 Å². The van der Waals surface area contributed by atoms with Gasteiger partial charge in [0.2, 0.25) is 0 Å². The minimum absolute atomic E-state index is 0.220. The fraction of sp³-hybridized carbons (Fsp3) is 0.455. The fourth-order valence-electron chi connectivity index (χ4n) is 1.13. The molecular weight excluding hydrogens is 226 g/mol. The van der Waals surface area contributed by atoms with Crippen molar-refractivity contribution in [3.8, 4) is 0 Å². The second-order valence-corrected chi connectivity index (χ2v) is 4.32. The molecule has 0 aliphatic heterocycles. The van der Waals surface area contributed by atoms with Crippen molar-refractivity contribution in [3.05, 3.63) is 23.5 Å². The summed E-state index contributed by atoms with van der Waals surface area (Å²) in [7, 11) is 0. The number of nitrogens with zero attached hydrogens (tertiary/aromatic N) is 1. The molecule has 0 bridgehead atoms. The topological polar surface area (TPSA) is 54.0 Å². The van der Waals surface area contributed by atoms with Crippen LogP contribution in [0.3, 0.4) is 0 Å². The van der Waals surface area contributed by atoms with Crippen LogP contribution in [0.25, 0.3) is 0 Å². The number of carbonyl (C=O) groups excluding carboxylic acids is 1. The number of hydrogen-bond acceptors (Lipinski definition) is 2. The lowest BCUT2D eigenvalue weighted by atomic mass is 10.1. The predicted octanol–water partition coefficient (Wildman–Crippen LogP) is 2.90. The number of aromatic nitrogens is 1. The van der Waals surface area contributed by atoms with Gasteiger partial charge in [0.1, 0.15) is 5.15 Å². The molecule has 1 aromatic heterocycles. The first-order chi connectivity index (χ1) is 7.58. The summed E-state index contributed by atoms with van der Waals surface area (Å²) in [5.41, 5.74) is 0.641. The molecule has 1 heterocycles. The van der Waals surface area contributed by atoms with Crippen molar-refractivity contribution >= 4 is 23.3 Å². The molecule has 5 heteroatoms. The van der Waals surface area contributed by atoms with E-state index in [-0.39, 0.29) is 6.03 Å². The van der Waals surface area contributed by atoms with Gasteiger partial charge >= 0.3 is 6.03 Å². The van der Waals surface area contributed by atoms with E-state index in [0.717, 1.165) is 6.42 Å². The van der Waals surface area contributed by atoms with E-state index in [1.54, 1.807) is 18.3 Å². The van der Waals surface area contributed by atoms with Gasteiger partial charge in [0.05, 0.1) is 0 Å². The standard InChI is InChI=1S/C11H16ClN3O/c1-8(2)3-5-14-11(16)15-9-4-6-13-10(12)7-9/h4,6-8H,3,5H2,1-2H3,(H2,13,14,15,16). The Bertz CT molecular complexity index is 355. The van der Waals surface area contributed by atoms with Crippen LogP contribution in [0.2, 0.25) is 5.15 Å². The molecule has 4 nitrogen and oxygen atoms in total. The molecule has 0 saturated carbocycles. The lowest BCUT2D eigenvalue weighted by Crippen LogP contribution is -2.30. The molecule has 0 aliphatic rings. The average Bonchev–Trinajstić information content (AvgIpc) is 2.16. The maximum Gasteiger partial charge on any atom is 0.319 e. The molecule has 2 amide bonds. The summed E-state index contributed by atoms with van der Waals surface area (Å²) in [6, 6.07) is 3.07. The molecule has 0 atom stereocenters. The van der Waals surface area contributed by atoms with Crippen molar-refractivity contribution in [3.63, 3.8) is 0 Å². The second-order valence-electron chi connectivity index (χ2n) is 3.93. The Hall–Kier alpha value is -1.29. The highest BCUT2D eigenvalue weighted by Gasteiger charge is 2.02. The molecule has 1 rings (SSSR count). The number of urea groups is 1. The Kier molecular flexibility index (Phi) is 5.05. The molecule has 0 spiro atoms. The normalized spacial score (nSPS) is 10.2.